The van der Waals surface area contributed by atoms with Gasteiger partial charge in [-0.3, -0.25) is 4.98 Å². The molecule has 0 saturated heterocycles. The molecule has 8 heteroatoms. The number of benzene rings is 1. The second kappa shape index (κ2) is 10.8. The fourth-order valence-electron chi connectivity index (χ4n) is 5.64. The highest BCUT2D eigenvalue weighted by atomic mass is 19.4. The van der Waals surface area contributed by atoms with Crippen molar-refractivity contribution in [3.63, 3.8) is 0 Å². The maximum Gasteiger partial charge on any atom is 0.412 e. The van der Waals surface area contributed by atoms with E-state index in [4.69, 9.17) is 0 Å². The summed E-state index contributed by atoms with van der Waals surface area (Å²) in [4.78, 5) is 4.31. The van der Waals surface area contributed by atoms with Crippen molar-refractivity contribution in [1.29, 1.82) is 0 Å². The molecular formula is C31H30F4N4. The van der Waals surface area contributed by atoms with Gasteiger partial charge in [0.2, 0.25) is 0 Å². The lowest BCUT2D eigenvalue weighted by molar-refractivity contribution is -0.0941. The molecule has 0 aliphatic heterocycles. The molecule has 0 radical (unpaired) electrons. The maximum absolute atomic E-state index is 13.6. The Kier molecular flexibility index (Phi) is 7.40. The first-order chi connectivity index (χ1) is 18.7. The zero-order valence-electron chi connectivity index (χ0n) is 21.7. The normalized spacial score (nSPS) is 19.2. The lowest BCUT2D eigenvalue weighted by atomic mass is 9.61. The Hall–Kier alpha value is -3.78. The molecule has 5 rings (SSSR count). The van der Waals surface area contributed by atoms with Crippen LogP contribution in [0.2, 0.25) is 0 Å². The Labute approximate surface area is 225 Å². The molecule has 0 amide bonds. The van der Waals surface area contributed by atoms with Crippen LogP contribution >= 0.6 is 0 Å². The first-order valence-electron chi connectivity index (χ1n) is 13.0. The number of fused-ring (bicyclic) bond motifs is 1. The molecule has 2 heterocycles. The third-order valence-corrected chi connectivity index (χ3v) is 7.74. The van der Waals surface area contributed by atoms with Crippen LogP contribution in [0.1, 0.15) is 42.5 Å². The molecule has 1 unspecified atom stereocenters. The van der Waals surface area contributed by atoms with Gasteiger partial charge in [0.25, 0.3) is 0 Å². The van der Waals surface area contributed by atoms with Crippen LogP contribution in [0.4, 0.5) is 17.6 Å². The van der Waals surface area contributed by atoms with E-state index in [1.54, 1.807) is 30.6 Å². The van der Waals surface area contributed by atoms with Gasteiger partial charge in [-0.05, 0) is 98.8 Å². The van der Waals surface area contributed by atoms with E-state index < -0.39 is 17.2 Å². The van der Waals surface area contributed by atoms with Crippen molar-refractivity contribution in [3.05, 3.63) is 113 Å². The molecule has 1 N–H and O–H groups in total. The van der Waals surface area contributed by atoms with Gasteiger partial charge in [0.1, 0.15) is 5.82 Å². The summed E-state index contributed by atoms with van der Waals surface area (Å²) in [6.07, 6.45) is 8.14. The second-order valence-corrected chi connectivity index (χ2v) is 10.1. The van der Waals surface area contributed by atoms with E-state index in [9.17, 15) is 17.6 Å². The van der Waals surface area contributed by atoms with Gasteiger partial charge >= 0.3 is 6.18 Å². The first-order valence-corrected chi connectivity index (χ1v) is 13.0. The summed E-state index contributed by atoms with van der Waals surface area (Å²) in [5, 5.41) is 7.87. The summed E-state index contributed by atoms with van der Waals surface area (Å²) >= 11 is 0. The number of halogens is 4. The number of aromatic nitrogens is 3. The molecule has 202 valence electrons. The van der Waals surface area contributed by atoms with Gasteiger partial charge < -0.3 is 5.32 Å². The molecule has 2 aliphatic carbocycles. The standard InChI is InChI=1S/C31H30F4N4/c1-21(23-4-3-14-37-19-23)30(17-22-5-7-25(8-6-22)31(33,34)35)18-24-20-38-39(28-11-9-27(32)10-12-28)29(24)16-26(30)13-15-36-2/h3-5,7,9-12,14,16,19-20,36H,1,6,8,13,15,17-18H2,2H3. The molecule has 1 aromatic carbocycles. The van der Waals surface area contributed by atoms with Crippen LogP contribution in [0, 0.1) is 11.2 Å². The van der Waals surface area contributed by atoms with Gasteiger partial charge in [0.05, 0.1) is 17.6 Å². The SMILES string of the molecule is C=C(c1cccnc1)C1(CC2=CC=C(C(F)(F)F)CC2)Cc2cnn(-c3ccc(F)cc3)c2C=C1CCNC. The Morgan fingerprint density at radius 2 is 1.90 bits per heavy atom. The highest BCUT2D eigenvalue weighted by Crippen LogP contribution is 2.53. The molecule has 1 atom stereocenters. The highest BCUT2D eigenvalue weighted by Gasteiger charge is 2.43. The van der Waals surface area contributed by atoms with E-state index >= 15 is 0 Å². The average molecular weight is 535 g/mol. The van der Waals surface area contributed by atoms with Crippen molar-refractivity contribution in [3.8, 4) is 5.69 Å². The topological polar surface area (TPSA) is 42.7 Å². The van der Waals surface area contributed by atoms with E-state index in [1.165, 1.54) is 18.2 Å². The third-order valence-electron chi connectivity index (χ3n) is 7.74. The number of hydrogen-bond acceptors (Lipinski definition) is 3. The van der Waals surface area contributed by atoms with Crippen molar-refractivity contribution in [1.82, 2.24) is 20.1 Å². The molecule has 2 aliphatic rings. The van der Waals surface area contributed by atoms with E-state index in [0.717, 1.165) is 39.2 Å². The van der Waals surface area contributed by atoms with Crippen LogP contribution < -0.4 is 5.32 Å². The Bertz CT molecular complexity index is 1450. The Morgan fingerprint density at radius 3 is 2.54 bits per heavy atom. The number of pyridine rings is 1. The molecule has 4 nitrogen and oxygen atoms in total. The van der Waals surface area contributed by atoms with E-state index in [1.807, 2.05) is 30.1 Å². The van der Waals surface area contributed by atoms with Crippen LogP contribution in [0.25, 0.3) is 17.3 Å². The summed E-state index contributed by atoms with van der Waals surface area (Å²) in [5.74, 6) is -0.319. The molecular weight excluding hydrogens is 504 g/mol. The largest absolute Gasteiger partial charge is 0.412 e. The van der Waals surface area contributed by atoms with Gasteiger partial charge in [-0.15, -0.1) is 0 Å². The summed E-state index contributed by atoms with van der Waals surface area (Å²) < 4.78 is 55.4. The minimum absolute atomic E-state index is 0.0336. The molecule has 2 aromatic heterocycles. The van der Waals surface area contributed by atoms with Crippen LogP contribution in [-0.2, 0) is 6.42 Å². The summed E-state index contributed by atoms with van der Waals surface area (Å²) in [6, 6.07) is 10.0. The summed E-state index contributed by atoms with van der Waals surface area (Å²) in [7, 11) is 1.89. The van der Waals surface area contributed by atoms with Gasteiger partial charge in [0.15, 0.2) is 0 Å². The monoisotopic (exact) mass is 534 g/mol. The molecule has 0 saturated carbocycles. The van der Waals surface area contributed by atoms with E-state index in [2.05, 4.69) is 28.1 Å². The second-order valence-electron chi connectivity index (χ2n) is 10.1. The number of rotatable bonds is 8. The van der Waals surface area contributed by atoms with Crippen molar-refractivity contribution >= 4 is 11.6 Å². The fraction of sp³-hybridized carbons (Fsp3) is 0.290. The average Bonchev–Trinajstić information content (AvgIpc) is 3.34. The number of nitrogens with one attached hydrogen (secondary N) is 1. The quantitative estimate of drug-likeness (QED) is 0.310. The predicted octanol–water partition coefficient (Wildman–Crippen LogP) is 7.25. The maximum atomic E-state index is 13.6. The fourth-order valence-corrected chi connectivity index (χ4v) is 5.64. The van der Waals surface area contributed by atoms with Crippen molar-refractivity contribution in [2.24, 2.45) is 5.41 Å². The number of allylic oxidation sites excluding steroid dienone is 5. The van der Waals surface area contributed by atoms with Gasteiger partial charge in [0, 0.05) is 23.4 Å². The van der Waals surface area contributed by atoms with Crippen molar-refractivity contribution < 1.29 is 17.6 Å². The minimum atomic E-state index is -4.31. The summed E-state index contributed by atoms with van der Waals surface area (Å²) in [5.41, 5.74) is 5.45. The number of nitrogens with zero attached hydrogens (tertiary/aromatic N) is 3. The highest BCUT2D eigenvalue weighted by molar-refractivity contribution is 5.77. The smallest absolute Gasteiger partial charge is 0.319 e. The molecule has 0 spiro atoms. The zero-order valence-corrected chi connectivity index (χ0v) is 21.7. The van der Waals surface area contributed by atoms with Crippen molar-refractivity contribution in [2.75, 3.05) is 13.6 Å². The van der Waals surface area contributed by atoms with E-state index in [0.29, 0.717) is 32.2 Å². The molecule has 39 heavy (non-hydrogen) atoms. The first kappa shape index (κ1) is 26.8. The lowest BCUT2D eigenvalue weighted by Gasteiger charge is -2.42. The van der Waals surface area contributed by atoms with E-state index in [-0.39, 0.29) is 12.2 Å². The Morgan fingerprint density at radius 1 is 1.10 bits per heavy atom. The minimum Gasteiger partial charge on any atom is -0.319 e. The third kappa shape index (κ3) is 5.39. The lowest BCUT2D eigenvalue weighted by Crippen LogP contribution is -2.33. The molecule has 0 fully saturated rings. The van der Waals surface area contributed by atoms with Gasteiger partial charge in [-0.1, -0.05) is 35.9 Å². The van der Waals surface area contributed by atoms with Crippen LogP contribution in [-0.4, -0.2) is 34.5 Å². The number of alkyl halides is 3. The summed E-state index contributed by atoms with van der Waals surface area (Å²) in [6.45, 7) is 5.27. The van der Waals surface area contributed by atoms with Crippen LogP contribution in [0.5, 0.6) is 0 Å². The molecule has 3 aromatic rings. The number of hydrogen-bond donors (Lipinski definition) is 1. The van der Waals surface area contributed by atoms with Gasteiger partial charge in [-0.2, -0.15) is 18.3 Å². The van der Waals surface area contributed by atoms with Crippen LogP contribution in [0.15, 0.2) is 90.4 Å². The van der Waals surface area contributed by atoms with Crippen LogP contribution in [0.3, 0.4) is 0 Å². The zero-order chi connectivity index (χ0) is 27.6. The van der Waals surface area contributed by atoms with Gasteiger partial charge in [-0.25, -0.2) is 9.07 Å². The molecule has 0 bridgehead atoms. The predicted molar refractivity (Wildman–Crippen MR) is 146 cm³/mol. The van der Waals surface area contributed by atoms with Crippen molar-refractivity contribution in [2.45, 2.75) is 38.3 Å². The Balaban J connectivity index is 1.62.